The van der Waals surface area contributed by atoms with E-state index in [1.54, 1.807) is 17.9 Å². The van der Waals surface area contributed by atoms with Crippen molar-refractivity contribution in [3.63, 3.8) is 0 Å². The van der Waals surface area contributed by atoms with Gasteiger partial charge in [0.15, 0.2) is 0 Å². The van der Waals surface area contributed by atoms with E-state index in [2.05, 4.69) is 5.32 Å². The van der Waals surface area contributed by atoms with Crippen LogP contribution < -0.4 is 5.32 Å². The molecule has 164 valence electrons. The third-order valence-electron chi connectivity index (χ3n) is 6.22. The highest BCUT2D eigenvalue weighted by Gasteiger charge is 2.46. The zero-order chi connectivity index (χ0) is 22.3. The number of urea groups is 1. The average Bonchev–Trinajstić information content (AvgIpc) is 3.41. The Hall–Kier alpha value is -3.43. The van der Waals surface area contributed by atoms with Gasteiger partial charge in [-0.25, -0.2) is 4.79 Å². The van der Waals surface area contributed by atoms with Gasteiger partial charge in [-0.2, -0.15) is 0 Å². The van der Waals surface area contributed by atoms with Crippen LogP contribution in [-0.4, -0.2) is 69.7 Å². The third kappa shape index (κ3) is 3.51. The molecule has 0 unspecified atom stereocenters. The summed E-state index contributed by atoms with van der Waals surface area (Å²) < 4.78 is 0. The van der Waals surface area contributed by atoms with Gasteiger partial charge >= 0.3 is 6.03 Å². The number of carbonyl (C=O) groups excluding carboxylic acids is 3. The number of rotatable bonds is 5. The van der Waals surface area contributed by atoms with Crippen molar-refractivity contribution >= 4 is 23.5 Å². The lowest BCUT2D eigenvalue weighted by atomic mass is 9.95. The second-order valence-electron chi connectivity index (χ2n) is 7.98. The molecule has 0 radical (unpaired) electrons. The maximum absolute atomic E-state index is 13.5. The molecule has 3 aliphatic rings. The molecule has 10 heteroatoms. The van der Waals surface area contributed by atoms with Crippen LogP contribution in [0.2, 0.25) is 0 Å². The molecule has 3 heterocycles. The van der Waals surface area contributed by atoms with E-state index in [1.165, 1.54) is 28.0 Å². The van der Waals surface area contributed by atoms with Gasteiger partial charge in [-0.1, -0.05) is 12.1 Å². The van der Waals surface area contributed by atoms with E-state index in [0.717, 1.165) is 12.8 Å². The molecule has 1 N–H and O–H groups in total. The molecular weight excluding hydrogens is 402 g/mol. The molecule has 1 aromatic rings. The van der Waals surface area contributed by atoms with Crippen molar-refractivity contribution in [2.45, 2.75) is 38.8 Å². The summed E-state index contributed by atoms with van der Waals surface area (Å²) in [6.07, 6.45) is 1.91. The van der Waals surface area contributed by atoms with Crippen LogP contribution in [0.1, 0.15) is 38.3 Å². The van der Waals surface area contributed by atoms with Gasteiger partial charge in [0.05, 0.1) is 28.8 Å². The molecule has 0 aromatic heterocycles. The standard InChI is InChI=1S/C21H25N5O5/c1-3-24-16-12-25(13(2)19(27)23-9-4-5-10-23)20(28)17(16)18(22-21(24)29)14-7-6-8-15(11-14)26(30)31/h6-8,11,13,18H,3-5,9-10,12H2,1-2H3,(H,22,29)/t13-,18+/m1/s1. The number of likely N-dealkylation sites (tertiary alicyclic amines) is 1. The largest absolute Gasteiger partial charge is 0.341 e. The number of non-ortho nitro benzene ring substituents is 1. The predicted octanol–water partition coefficient (Wildman–Crippen LogP) is 1.79. The van der Waals surface area contributed by atoms with E-state index >= 15 is 0 Å². The van der Waals surface area contributed by atoms with Crippen LogP contribution in [0.15, 0.2) is 35.5 Å². The quantitative estimate of drug-likeness (QED) is 0.568. The zero-order valence-corrected chi connectivity index (χ0v) is 17.5. The normalized spacial score (nSPS) is 22.0. The number of nitro benzene ring substituents is 1. The van der Waals surface area contributed by atoms with Crippen molar-refractivity contribution in [1.82, 2.24) is 20.0 Å². The van der Waals surface area contributed by atoms with E-state index in [1.807, 2.05) is 6.92 Å². The molecule has 1 fully saturated rings. The highest BCUT2D eigenvalue weighted by Crippen LogP contribution is 2.37. The Kier molecular flexibility index (Phi) is 5.38. The van der Waals surface area contributed by atoms with Crippen LogP contribution in [0.25, 0.3) is 0 Å². The highest BCUT2D eigenvalue weighted by molar-refractivity contribution is 6.03. The molecule has 0 spiro atoms. The van der Waals surface area contributed by atoms with Gasteiger partial charge in [0.1, 0.15) is 6.04 Å². The van der Waals surface area contributed by atoms with Gasteiger partial charge in [0.2, 0.25) is 5.91 Å². The van der Waals surface area contributed by atoms with Crippen LogP contribution in [0.4, 0.5) is 10.5 Å². The summed E-state index contributed by atoms with van der Waals surface area (Å²) in [5.41, 5.74) is 1.25. The lowest BCUT2D eigenvalue weighted by Gasteiger charge is -2.32. The Morgan fingerprint density at radius 1 is 1.29 bits per heavy atom. The van der Waals surface area contributed by atoms with Crippen molar-refractivity contribution < 1.29 is 19.3 Å². The fourth-order valence-corrected chi connectivity index (χ4v) is 4.56. The minimum Gasteiger partial charge on any atom is -0.341 e. The summed E-state index contributed by atoms with van der Waals surface area (Å²) in [5.74, 6) is -0.426. The smallest absolute Gasteiger partial charge is 0.322 e. The van der Waals surface area contributed by atoms with Gasteiger partial charge < -0.3 is 15.1 Å². The lowest BCUT2D eigenvalue weighted by Crippen LogP contribution is -2.47. The van der Waals surface area contributed by atoms with Crippen LogP contribution in [0.5, 0.6) is 0 Å². The summed E-state index contributed by atoms with van der Waals surface area (Å²) in [6, 6.07) is 4.08. The summed E-state index contributed by atoms with van der Waals surface area (Å²) >= 11 is 0. The molecule has 2 atom stereocenters. The van der Waals surface area contributed by atoms with Crippen molar-refractivity contribution in [2.24, 2.45) is 0 Å². The number of hydrogen-bond donors (Lipinski definition) is 1. The van der Waals surface area contributed by atoms with Gasteiger partial charge in [-0.15, -0.1) is 0 Å². The van der Waals surface area contributed by atoms with Crippen molar-refractivity contribution in [3.05, 3.63) is 51.2 Å². The van der Waals surface area contributed by atoms with Crippen LogP contribution in [-0.2, 0) is 9.59 Å². The van der Waals surface area contributed by atoms with E-state index in [-0.39, 0.29) is 30.1 Å². The van der Waals surface area contributed by atoms with E-state index in [9.17, 15) is 24.5 Å². The van der Waals surface area contributed by atoms with Crippen LogP contribution in [0.3, 0.4) is 0 Å². The molecule has 31 heavy (non-hydrogen) atoms. The number of nitro groups is 1. The monoisotopic (exact) mass is 427 g/mol. The molecule has 4 rings (SSSR count). The first-order chi connectivity index (χ1) is 14.8. The Balaban J connectivity index is 1.69. The number of hydrogen-bond acceptors (Lipinski definition) is 5. The summed E-state index contributed by atoms with van der Waals surface area (Å²) in [4.78, 5) is 54.6. The van der Waals surface area contributed by atoms with Crippen molar-refractivity contribution in [1.29, 1.82) is 0 Å². The first kappa shape index (κ1) is 20.8. The summed E-state index contributed by atoms with van der Waals surface area (Å²) in [6.45, 7) is 5.42. The SMILES string of the molecule is CCN1C(=O)N[C@@H](c2cccc([N+](=O)[O-])c2)C2=C1CN([C@H](C)C(=O)N1CCCC1)C2=O. The van der Waals surface area contributed by atoms with E-state index in [0.29, 0.717) is 36.5 Å². The van der Waals surface area contributed by atoms with Gasteiger partial charge in [0.25, 0.3) is 11.6 Å². The third-order valence-corrected chi connectivity index (χ3v) is 6.22. The van der Waals surface area contributed by atoms with E-state index in [4.69, 9.17) is 0 Å². The molecule has 1 saturated heterocycles. The minimum atomic E-state index is -0.809. The highest BCUT2D eigenvalue weighted by atomic mass is 16.6. The molecule has 4 amide bonds. The second-order valence-corrected chi connectivity index (χ2v) is 7.98. The summed E-state index contributed by atoms with van der Waals surface area (Å²) in [7, 11) is 0. The Morgan fingerprint density at radius 2 is 2.00 bits per heavy atom. The number of amides is 4. The van der Waals surface area contributed by atoms with Gasteiger partial charge in [-0.05, 0) is 32.3 Å². The predicted molar refractivity (Wildman–Crippen MR) is 111 cm³/mol. The fourth-order valence-electron chi connectivity index (χ4n) is 4.56. The molecule has 0 saturated carbocycles. The number of nitrogens with one attached hydrogen (secondary N) is 1. The molecule has 0 aliphatic carbocycles. The topological polar surface area (TPSA) is 116 Å². The molecule has 10 nitrogen and oxygen atoms in total. The molecule has 3 aliphatic heterocycles. The molecular formula is C21H25N5O5. The first-order valence-electron chi connectivity index (χ1n) is 10.5. The number of likely N-dealkylation sites (N-methyl/N-ethyl adjacent to an activating group) is 1. The lowest BCUT2D eigenvalue weighted by molar-refractivity contribution is -0.384. The fraction of sp³-hybridized carbons (Fsp3) is 0.476. The average molecular weight is 427 g/mol. The van der Waals surface area contributed by atoms with Crippen molar-refractivity contribution in [2.75, 3.05) is 26.2 Å². The number of benzene rings is 1. The van der Waals surface area contributed by atoms with Crippen molar-refractivity contribution in [3.8, 4) is 0 Å². The number of nitrogens with zero attached hydrogens (tertiary/aromatic N) is 4. The molecule has 1 aromatic carbocycles. The molecule has 0 bridgehead atoms. The zero-order valence-electron chi connectivity index (χ0n) is 17.5. The van der Waals surface area contributed by atoms with Crippen LogP contribution >= 0.6 is 0 Å². The minimum absolute atomic E-state index is 0.0973. The van der Waals surface area contributed by atoms with Gasteiger partial charge in [-0.3, -0.25) is 24.6 Å². The van der Waals surface area contributed by atoms with Gasteiger partial charge in [0, 0.05) is 31.8 Å². The maximum atomic E-state index is 13.5. The first-order valence-corrected chi connectivity index (χ1v) is 10.5. The Labute approximate surface area is 179 Å². The Bertz CT molecular complexity index is 984. The van der Waals surface area contributed by atoms with E-state index < -0.39 is 17.0 Å². The maximum Gasteiger partial charge on any atom is 0.322 e. The van der Waals surface area contributed by atoms with Crippen LogP contribution in [0, 0.1) is 10.1 Å². The second kappa shape index (κ2) is 8.01. The number of carbonyl (C=O) groups is 3. The summed E-state index contributed by atoms with van der Waals surface area (Å²) in [5, 5.41) is 14.0. The Morgan fingerprint density at radius 3 is 2.65 bits per heavy atom.